The first-order valence-electron chi connectivity index (χ1n) is 37.7. The number of benzene rings is 1. The Kier molecular flexibility index (Phi) is 80.2. The first-order chi connectivity index (χ1) is 53.3. The molecule has 0 saturated carbocycles. The number of para-hydroxylation sites is 1. The lowest BCUT2D eigenvalue weighted by atomic mass is 10.3. The monoisotopic (exact) mass is 1480 g/mol. The summed E-state index contributed by atoms with van der Waals surface area (Å²) in [6.45, 7) is 48.0. The number of aromatic nitrogens is 18. The van der Waals surface area contributed by atoms with Crippen molar-refractivity contribution >= 4 is 69.7 Å². The Morgan fingerprint density at radius 2 is 0.352 bits per heavy atom. The molecular formula is C84H132N24. The van der Waals surface area contributed by atoms with Crippen molar-refractivity contribution in [1.82, 2.24) is 89.7 Å². The Labute approximate surface area is 652 Å². The van der Waals surface area contributed by atoms with E-state index < -0.39 is 0 Å². The Bertz CT molecular complexity index is 2730. The van der Waals surface area contributed by atoms with E-state index in [-0.39, 0.29) is 0 Å². The number of hydrogen-bond acceptors (Lipinski definition) is 24. The van der Waals surface area contributed by atoms with E-state index in [0.717, 1.165) is 69.7 Å². The van der Waals surface area contributed by atoms with Gasteiger partial charge in [-0.15, -0.1) is 0 Å². The van der Waals surface area contributed by atoms with Crippen LogP contribution in [0.4, 0.5) is 69.7 Å². The van der Waals surface area contributed by atoms with Crippen LogP contribution in [-0.4, -0.2) is 132 Å². The molecule has 0 radical (unpaired) electrons. The zero-order valence-electron chi connectivity index (χ0n) is 71.0. The molecule has 0 spiro atoms. The summed E-state index contributed by atoms with van der Waals surface area (Å²) < 4.78 is 0. The highest BCUT2D eigenvalue weighted by atomic mass is 15.2. The highest BCUT2D eigenvalue weighted by Gasteiger charge is 2.09. The molecule has 12 aromatic rings. The molecule has 0 N–H and O–H groups in total. The Morgan fingerprint density at radius 1 is 0.157 bits per heavy atom. The minimum atomic E-state index is 0.744. The van der Waals surface area contributed by atoms with Gasteiger partial charge in [-0.2, -0.15) is 0 Å². The van der Waals surface area contributed by atoms with Crippen molar-refractivity contribution in [3.05, 3.63) is 258 Å². The second-order valence-electron chi connectivity index (χ2n) is 16.9. The Morgan fingerprint density at radius 3 is 0.546 bits per heavy atom. The van der Waals surface area contributed by atoms with Crippen LogP contribution in [0.1, 0.15) is 166 Å². The van der Waals surface area contributed by atoms with E-state index in [1.807, 2.05) is 359 Å². The van der Waals surface area contributed by atoms with E-state index in [1.165, 1.54) is 19.0 Å². The highest BCUT2D eigenvalue weighted by molar-refractivity contribution is 5.59. The van der Waals surface area contributed by atoms with Crippen molar-refractivity contribution in [3.8, 4) is 0 Å². The summed E-state index contributed by atoms with van der Waals surface area (Å²) in [5, 5.41) is 0. The van der Waals surface area contributed by atoms with Crippen LogP contribution in [0, 0.1) is 0 Å². The average molecular weight is 1480 g/mol. The topological polar surface area (TPSA) is 251 Å². The molecule has 12 rings (SSSR count). The normalized spacial score (nSPS) is 8.28. The van der Waals surface area contributed by atoms with Gasteiger partial charge in [-0.3, -0.25) is 19.9 Å². The van der Waals surface area contributed by atoms with Crippen molar-refractivity contribution in [3.63, 3.8) is 0 Å². The van der Waals surface area contributed by atoms with Crippen molar-refractivity contribution in [2.45, 2.75) is 166 Å². The van der Waals surface area contributed by atoms with Gasteiger partial charge in [0.1, 0.15) is 59.7 Å². The molecule has 0 aliphatic carbocycles. The van der Waals surface area contributed by atoms with Gasteiger partial charge in [0.25, 0.3) is 0 Å². The maximum absolute atomic E-state index is 4.24. The van der Waals surface area contributed by atoms with E-state index in [0.29, 0.717) is 0 Å². The first kappa shape index (κ1) is 107. The Hall–Kier alpha value is -11.8. The SMILES string of the molecule is CC.CC.CC.CC.CC.CC.CC.CC.CC.CC.CC.CC.CN(c1ccccc1)c1cnccn1.CN(c1ccccn1)c1ccccn1.CN(c1ccccn1)c1ccncn1.CN(c1ccccn1)c1cnccn1.CN(c1ccncn1)c1ccncn1.CN(c1cnccn1)c1cnccn1. The standard InChI is InChI=1S/2C11H11N3.2C10H10N4.2C9H9N5.12C2H6/c1-14(10-6-2-4-8-12-10)11-7-3-5-9-13-11;1-14(10-5-3-2-4-6-10)11-9-12-7-8-13-11;1-14(9-4-2-3-6-12-9)10-5-7-11-8-13-10;1-14(9-4-2-3-5-12-9)10-8-11-6-7-13-10;1-14(8-6-10-2-4-12-8)9-7-11-3-5-13-9;1-14(8-2-4-10-6-12-8)9-3-5-11-7-13-9;12*1-2/h2*2-9H,1H3;2*2-8H,1H3;2*2-7H,1H3;12*1-2H3. The maximum Gasteiger partial charge on any atom is 0.152 e. The summed E-state index contributed by atoms with van der Waals surface area (Å²) >= 11 is 0. The maximum atomic E-state index is 4.24. The molecule has 24 nitrogen and oxygen atoms in total. The molecule has 0 saturated heterocycles. The molecule has 0 fully saturated rings. The molecule has 0 unspecified atom stereocenters. The lowest BCUT2D eigenvalue weighted by Gasteiger charge is -2.16. The van der Waals surface area contributed by atoms with Gasteiger partial charge in [0.2, 0.25) is 0 Å². The summed E-state index contributed by atoms with van der Waals surface area (Å²) in [5.74, 6) is 9.07. The van der Waals surface area contributed by atoms with Gasteiger partial charge in [-0.1, -0.05) is 209 Å². The fourth-order valence-electron chi connectivity index (χ4n) is 6.88. The zero-order chi connectivity index (χ0) is 82.8. The quantitative estimate of drug-likeness (QED) is 0.110. The predicted octanol–water partition coefficient (Wildman–Crippen LogP) is 22.2. The highest BCUT2D eigenvalue weighted by Crippen LogP contribution is 2.22. The van der Waals surface area contributed by atoms with Crippen LogP contribution in [0.5, 0.6) is 0 Å². The fourth-order valence-corrected chi connectivity index (χ4v) is 6.88. The van der Waals surface area contributed by atoms with E-state index in [4.69, 9.17) is 0 Å². The van der Waals surface area contributed by atoms with Crippen molar-refractivity contribution in [2.24, 2.45) is 0 Å². The van der Waals surface area contributed by atoms with Gasteiger partial charge >= 0.3 is 0 Å². The number of nitrogens with zero attached hydrogens (tertiary/aromatic N) is 24. The molecule has 11 heterocycles. The van der Waals surface area contributed by atoms with Gasteiger partial charge < -0.3 is 29.4 Å². The average Bonchev–Trinajstić information content (AvgIpc) is 0.915. The number of rotatable bonds is 12. The summed E-state index contributed by atoms with van der Waals surface area (Å²) in [5.41, 5.74) is 1.10. The molecular weight excluding hydrogens is 1350 g/mol. The van der Waals surface area contributed by atoms with E-state index >= 15 is 0 Å². The minimum Gasteiger partial charge on any atom is -0.328 e. The van der Waals surface area contributed by atoms with E-state index in [1.54, 1.807) is 118 Å². The predicted molar refractivity (Wildman–Crippen MR) is 462 cm³/mol. The van der Waals surface area contributed by atoms with Crippen LogP contribution in [0.2, 0.25) is 0 Å². The van der Waals surface area contributed by atoms with Gasteiger partial charge in [0.05, 0.1) is 24.8 Å². The molecule has 0 aliphatic rings. The van der Waals surface area contributed by atoms with Crippen LogP contribution in [0.15, 0.2) is 258 Å². The van der Waals surface area contributed by atoms with E-state index in [9.17, 15) is 0 Å². The lowest BCUT2D eigenvalue weighted by molar-refractivity contribution is 1.03. The second-order valence-corrected chi connectivity index (χ2v) is 16.9. The minimum absolute atomic E-state index is 0.744. The van der Waals surface area contributed by atoms with Gasteiger partial charge in [0, 0.05) is 141 Å². The Balaban J connectivity index is -0.000000273. The molecule has 0 amide bonds. The molecule has 11 aromatic heterocycles. The molecule has 0 aliphatic heterocycles. The number of pyridine rings is 4. The summed E-state index contributed by atoms with van der Waals surface area (Å²) in [4.78, 5) is 84.9. The molecule has 0 bridgehead atoms. The molecule has 588 valence electrons. The van der Waals surface area contributed by atoms with Crippen molar-refractivity contribution in [2.75, 3.05) is 71.7 Å². The molecule has 24 heteroatoms. The van der Waals surface area contributed by atoms with Gasteiger partial charge in [-0.05, 0) is 78.9 Å². The van der Waals surface area contributed by atoms with Crippen molar-refractivity contribution in [1.29, 1.82) is 0 Å². The number of hydrogen-bond donors (Lipinski definition) is 0. The molecule has 108 heavy (non-hydrogen) atoms. The smallest absolute Gasteiger partial charge is 0.152 e. The molecule has 1 aromatic carbocycles. The van der Waals surface area contributed by atoms with E-state index in [2.05, 4.69) is 89.7 Å². The largest absolute Gasteiger partial charge is 0.328 e. The second kappa shape index (κ2) is 80.9. The molecule has 0 atom stereocenters. The van der Waals surface area contributed by atoms with Crippen LogP contribution in [-0.2, 0) is 0 Å². The fraction of sp³-hybridized carbons (Fsp3) is 0.357. The van der Waals surface area contributed by atoms with Gasteiger partial charge in [-0.25, -0.2) is 69.8 Å². The van der Waals surface area contributed by atoms with Crippen molar-refractivity contribution < 1.29 is 0 Å². The van der Waals surface area contributed by atoms with Gasteiger partial charge in [0.15, 0.2) is 23.3 Å². The summed E-state index contributed by atoms with van der Waals surface area (Å²) in [7, 11) is 11.5. The third kappa shape index (κ3) is 46.8. The van der Waals surface area contributed by atoms with Crippen LogP contribution < -0.4 is 29.4 Å². The van der Waals surface area contributed by atoms with Crippen LogP contribution >= 0.6 is 0 Å². The first-order valence-corrected chi connectivity index (χ1v) is 37.7. The lowest BCUT2D eigenvalue weighted by Crippen LogP contribution is -2.12. The zero-order valence-corrected chi connectivity index (χ0v) is 71.0. The van der Waals surface area contributed by atoms with Crippen LogP contribution in [0.25, 0.3) is 0 Å². The third-order valence-electron chi connectivity index (χ3n) is 11.4. The van der Waals surface area contributed by atoms with Crippen LogP contribution in [0.3, 0.4) is 0 Å². The summed E-state index contributed by atoms with van der Waals surface area (Å²) in [6.07, 6.45) is 36.7. The number of anilines is 12. The third-order valence-corrected chi connectivity index (χ3v) is 11.4. The summed E-state index contributed by atoms with van der Waals surface area (Å²) in [6, 6.07) is 38.7.